The zero-order valence-electron chi connectivity index (χ0n) is 12.8. The van der Waals surface area contributed by atoms with Crippen LogP contribution in [-0.2, 0) is 6.54 Å². The molecule has 0 fully saturated rings. The predicted octanol–water partition coefficient (Wildman–Crippen LogP) is 4.63. The molecule has 2 N–H and O–H groups in total. The number of rotatable bonds is 8. The first-order chi connectivity index (χ1) is 10.3. The third kappa shape index (κ3) is 4.08. The Bertz CT molecular complexity index is 591. The Kier molecular flexibility index (Phi) is 5.82. The van der Waals surface area contributed by atoms with E-state index in [2.05, 4.69) is 24.9 Å². The van der Waals surface area contributed by atoms with Crippen molar-refractivity contribution in [2.24, 2.45) is 5.92 Å². The fourth-order valence-electron chi connectivity index (χ4n) is 2.70. The summed E-state index contributed by atoms with van der Waals surface area (Å²) in [6, 6.07) is 12.0. The molecular weight excluding hydrogens is 258 g/mol. The molecule has 0 saturated heterocycles. The van der Waals surface area contributed by atoms with Crippen LogP contribution in [0.5, 0.6) is 5.75 Å². The van der Waals surface area contributed by atoms with Gasteiger partial charge in [0.1, 0.15) is 5.75 Å². The summed E-state index contributed by atoms with van der Waals surface area (Å²) in [6.45, 7) is 7.72. The summed E-state index contributed by atoms with van der Waals surface area (Å²) < 4.78 is 0. The van der Waals surface area contributed by atoms with Crippen LogP contribution in [0.25, 0.3) is 10.8 Å². The Morgan fingerprint density at radius 3 is 2.81 bits per heavy atom. The molecule has 0 aromatic heterocycles. The van der Waals surface area contributed by atoms with Crippen LogP contribution in [0.2, 0.25) is 0 Å². The molecule has 1 unspecified atom stereocenters. The maximum Gasteiger partial charge on any atom is 0.127 e. The van der Waals surface area contributed by atoms with Crippen molar-refractivity contribution in [2.45, 2.75) is 32.7 Å². The highest BCUT2D eigenvalue weighted by molar-refractivity contribution is 5.89. The molecule has 2 aromatic carbocycles. The molecule has 0 aliphatic heterocycles. The number of hydrogen-bond acceptors (Lipinski definition) is 2. The monoisotopic (exact) mass is 283 g/mol. The highest BCUT2D eigenvalue weighted by Gasteiger charge is 2.07. The van der Waals surface area contributed by atoms with Crippen LogP contribution in [0.3, 0.4) is 0 Å². The SMILES string of the molecule is C=CCC(CC)CCNCc1ccc2ccccc2c1O. The molecule has 0 spiro atoms. The molecule has 1 atom stereocenters. The number of nitrogens with one attached hydrogen (secondary N) is 1. The zero-order chi connectivity index (χ0) is 15.1. The molecule has 0 aliphatic rings. The van der Waals surface area contributed by atoms with E-state index < -0.39 is 0 Å². The van der Waals surface area contributed by atoms with Crippen molar-refractivity contribution >= 4 is 10.8 Å². The molecule has 0 radical (unpaired) electrons. The Labute approximate surface area is 127 Å². The minimum atomic E-state index is 0.402. The summed E-state index contributed by atoms with van der Waals surface area (Å²) in [4.78, 5) is 0. The maximum absolute atomic E-state index is 10.3. The molecule has 2 nitrogen and oxygen atoms in total. The zero-order valence-corrected chi connectivity index (χ0v) is 12.8. The molecule has 21 heavy (non-hydrogen) atoms. The third-order valence-corrected chi connectivity index (χ3v) is 4.11. The Morgan fingerprint density at radius 1 is 1.24 bits per heavy atom. The van der Waals surface area contributed by atoms with Gasteiger partial charge in [-0.15, -0.1) is 6.58 Å². The minimum absolute atomic E-state index is 0.402. The van der Waals surface area contributed by atoms with E-state index in [0.29, 0.717) is 18.2 Å². The number of benzene rings is 2. The minimum Gasteiger partial charge on any atom is -0.507 e. The smallest absolute Gasteiger partial charge is 0.127 e. The van der Waals surface area contributed by atoms with Gasteiger partial charge >= 0.3 is 0 Å². The fraction of sp³-hybridized carbons (Fsp3) is 0.368. The average molecular weight is 283 g/mol. The molecule has 112 valence electrons. The van der Waals surface area contributed by atoms with E-state index in [9.17, 15) is 5.11 Å². The second kappa shape index (κ2) is 7.84. The van der Waals surface area contributed by atoms with Crippen LogP contribution in [-0.4, -0.2) is 11.7 Å². The molecule has 0 saturated carbocycles. The van der Waals surface area contributed by atoms with Crippen molar-refractivity contribution in [3.05, 3.63) is 54.6 Å². The van der Waals surface area contributed by atoms with E-state index in [0.717, 1.165) is 35.7 Å². The molecule has 2 rings (SSSR count). The third-order valence-electron chi connectivity index (χ3n) is 4.11. The van der Waals surface area contributed by atoms with E-state index in [1.807, 2.05) is 36.4 Å². The molecule has 0 heterocycles. The van der Waals surface area contributed by atoms with Gasteiger partial charge in [0.2, 0.25) is 0 Å². The summed E-state index contributed by atoms with van der Waals surface area (Å²) in [6.07, 6.45) is 5.43. The summed E-state index contributed by atoms with van der Waals surface area (Å²) in [5.74, 6) is 1.11. The van der Waals surface area contributed by atoms with Crippen molar-refractivity contribution in [3.8, 4) is 5.75 Å². The number of fused-ring (bicyclic) bond motifs is 1. The Morgan fingerprint density at radius 2 is 2.05 bits per heavy atom. The number of phenolic OH excluding ortho intramolecular Hbond substituents is 1. The van der Waals surface area contributed by atoms with Gasteiger partial charge in [0.15, 0.2) is 0 Å². The molecule has 2 aromatic rings. The average Bonchev–Trinajstić information content (AvgIpc) is 2.52. The van der Waals surface area contributed by atoms with Gasteiger partial charge in [-0.3, -0.25) is 0 Å². The number of hydrogen-bond donors (Lipinski definition) is 2. The summed E-state index contributed by atoms with van der Waals surface area (Å²) in [5, 5.41) is 15.8. The normalized spacial score (nSPS) is 12.4. The largest absolute Gasteiger partial charge is 0.507 e. The molecule has 2 heteroatoms. The van der Waals surface area contributed by atoms with Crippen molar-refractivity contribution in [2.75, 3.05) is 6.54 Å². The first-order valence-electron chi connectivity index (χ1n) is 7.77. The van der Waals surface area contributed by atoms with E-state index in [4.69, 9.17) is 0 Å². The Balaban J connectivity index is 1.92. The molecular formula is C19H25NO. The van der Waals surface area contributed by atoms with Gasteiger partial charge in [-0.25, -0.2) is 0 Å². The van der Waals surface area contributed by atoms with E-state index in [1.54, 1.807) is 0 Å². The summed E-state index contributed by atoms with van der Waals surface area (Å²) in [7, 11) is 0. The predicted molar refractivity (Wildman–Crippen MR) is 90.5 cm³/mol. The second-order valence-corrected chi connectivity index (χ2v) is 5.56. The summed E-state index contributed by atoms with van der Waals surface area (Å²) in [5.41, 5.74) is 0.963. The van der Waals surface area contributed by atoms with Crippen LogP contribution in [0.15, 0.2) is 49.1 Å². The first-order valence-corrected chi connectivity index (χ1v) is 7.77. The van der Waals surface area contributed by atoms with E-state index in [1.165, 1.54) is 6.42 Å². The van der Waals surface area contributed by atoms with Gasteiger partial charge in [0, 0.05) is 17.5 Å². The Hall–Kier alpha value is -1.80. The van der Waals surface area contributed by atoms with Crippen molar-refractivity contribution in [1.29, 1.82) is 0 Å². The number of allylic oxidation sites excluding steroid dienone is 1. The van der Waals surface area contributed by atoms with Crippen LogP contribution in [0.1, 0.15) is 31.7 Å². The lowest BCUT2D eigenvalue weighted by Gasteiger charge is -2.13. The molecule has 0 bridgehead atoms. The lowest BCUT2D eigenvalue weighted by Crippen LogP contribution is -2.17. The van der Waals surface area contributed by atoms with Crippen LogP contribution >= 0.6 is 0 Å². The van der Waals surface area contributed by atoms with Crippen molar-refractivity contribution in [1.82, 2.24) is 5.32 Å². The first kappa shape index (κ1) is 15.6. The van der Waals surface area contributed by atoms with Crippen LogP contribution in [0, 0.1) is 5.92 Å². The topological polar surface area (TPSA) is 32.3 Å². The highest BCUT2D eigenvalue weighted by atomic mass is 16.3. The molecule has 0 amide bonds. The quantitative estimate of drug-likeness (QED) is 0.547. The number of phenols is 1. The second-order valence-electron chi connectivity index (χ2n) is 5.56. The summed E-state index contributed by atoms with van der Waals surface area (Å²) >= 11 is 0. The van der Waals surface area contributed by atoms with Gasteiger partial charge in [0.25, 0.3) is 0 Å². The standard InChI is InChI=1S/C19H25NO/c1-3-7-15(4-2)12-13-20-14-17-11-10-16-8-5-6-9-18(16)19(17)21/h3,5-6,8-11,15,20-21H,1,4,7,12-14H2,2H3. The highest BCUT2D eigenvalue weighted by Crippen LogP contribution is 2.28. The van der Waals surface area contributed by atoms with Gasteiger partial charge in [-0.05, 0) is 30.7 Å². The maximum atomic E-state index is 10.3. The van der Waals surface area contributed by atoms with Gasteiger partial charge in [0.05, 0.1) is 0 Å². The lowest BCUT2D eigenvalue weighted by molar-refractivity contribution is 0.447. The van der Waals surface area contributed by atoms with E-state index in [-0.39, 0.29) is 0 Å². The van der Waals surface area contributed by atoms with Crippen molar-refractivity contribution in [3.63, 3.8) is 0 Å². The van der Waals surface area contributed by atoms with Crippen LogP contribution in [0.4, 0.5) is 0 Å². The van der Waals surface area contributed by atoms with Crippen molar-refractivity contribution < 1.29 is 5.11 Å². The van der Waals surface area contributed by atoms with E-state index >= 15 is 0 Å². The van der Waals surface area contributed by atoms with Gasteiger partial charge in [-0.1, -0.05) is 55.8 Å². The van der Waals surface area contributed by atoms with Crippen LogP contribution < -0.4 is 5.32 Å². The molecule has 0 aliphatic carbocycles. The fourth-order valence-corrected chi connectivity index (χ4v) is 2.70. The lowest BCUT2D eigenvalue weighted by atomic mass is 9.98. The van der Waals surface area contributed by atoms with Gasteiger partial charge < -0.3 is 10.4 Å². The van der Waals surface area contributed by atoms with Gasteiger partial charge in [-0.2, -0.15) is 0 Å². The number of aromatic hydroxyl groups is 1.